The van der Waals surface area contributed by atoms with Gasteiger partial charge in [0.2, 0.25) is 10.0 Å². The standard InChI is InChI=1S/C16H26N2O3S/c1-3-12-21-15-6-8-16(9-7-15)22(19,20)17-14(2)13-18-10-4-5-11-18/h6-9,14,17H,3-5,10-13H2,1-2H3. The van der Waals surface area contributed by atoms with Crippen LogP contribution in [0.4, 0.5) is 0 Å². The summed E-state index contributed by atoms with van der Waals surface area (Å²) < 4.78 is 33.0. The van der Waals surface area contributed by atoms with E-state index in [2.05, 4.69) is 9.62 Å². The lowest BCUT2D eigenvalue weighted by Gasteiger charge is -2.21. The molecule has 1 N–H and O–H groups in total. The molecule has 1 aliphatic rings. The minimum atomic E-state index is -3.47. The molecule has 6 heteroatoms. The van der Waals surface area contributed by atoms with Gasteiger partial charge < -0.3 is 9.64 Å². The molecule has 1 aromatic rings. The van der Waals surface area contributed by atoms with Gasteiger partial charge in [-0.05, 0) is 63.5 Å². The van der Waals surface area contributed by atoms with Gasteiger partial charge in [-0.25, -0.2) is 13.1 Å². The lowest BCUT2D eigenvalue weighted by Crippen LogP contribution is -2.40. The van der Waals surface area contributed by atoms with Crippen LogP contribution in [-0.2, 0) is 10.0 Å². The van der Waals surface area contributed by atoms with Crippen molar-refractivity contribution in [1.29, 1.82) is 0 Å². The summed E-state index contributed by atoms with van der Waals surface area (Å²) in [5.74, 6) is 0.700. The van der Waals surface area contributed by atoms with Gasteiger partial charge in [-0.2, -0.15) is 0 Å². The zero-order chi connectivity index (χ0) is 16.0. The summed E-state index contributed by atoms with van der Waals surface area (Å²) in [6.07, 6.45) is 3.34. The van der Waals surface area contributed by atoms with Crippen molar-refractivity contribution in [2.45, 2.75) is 44.0 Å². The topological polar surface area (TPSA) is 58.6 Å². The molecule has 1 heterocycles. The Hall–Kier alpha value is -1.11. The Balaban J connectivity index is 1.93. The van der Waals surface area contributed by atoms with Crippen LogP contribution in [0.3, 0.4) is 0 Å². The Morgan fingerprint density at radius 1 is 1.23 bits per heavy atom. The van der Waals surface area contributed by atoms with Gasteiger partial charge in [0.25, 0.3) is 0 Å². The first-order valence-corrected chi connectivity index (χ1v) is 9.47. The monoisotopic (exact) mass is 326 g/mol. The van der Waals surface area contributed by atoms with Gasteiger partial charge in [0.15, 0.2) is 0 Å². The van der Waals surface area contributed by atoms with E-state index in [9.17, 15) is 8.42 Å². The zero-order valence-electron chi connectivity index (χ0n) is 13.4. The third-order valence-electron chi connectivity index (χ3n) is 3.69. The Labute approximate surface area is 133 Å². The van der Waals surface area contributed by atoms with Gasteiger partial charge in [-0.1, -0.05) is 6.92 Å². The molecular weight excluding hydrogens is 300 g/mol. The fourth-order valence-corrected chi connectivity index (χ4v) is 3.89. The molecule has 0 amide bonds. The Morgan fingerprint density at radius 2 is 1.86 bits per heavy atom. The Kier molecular flexibility index (Phi) is 6.23. The van der Waals surface area contributed by atoms with Gasteiger partial charge in [0.05, 0.1) is 11.5 Å². The van der Waals surface area contributed by atoms with Crippen molar-refractivity contribution in [3.63, 3.8) is 0 Å². The summed E-state index contributed by atoms with van der Waals surface area (Å²) >= 11 is 0. The number of ether oxygens (including phenoxy) is 1. The first-order valence-electron chi connectivity index (χ1n) is 7.99. The second-order valence-electron chi connectivity index (χ2n) is 5.85. The number of benzene rings is 1. The van der Waals surface area contributed by atoms with Crippen LogP contribution in [0.2, 0.25) is 0 Å². The average Bonchev–Trinajstić information content (AvgIpc) is 2.97. The SMILES string of the molecule is CCCOc1ccc(S(=O)(=O)NC(C)CN2CCCC2)cc1. The van der Waals surface area contributed by atoms with Crippen molar-refractivity contribution < 1.29 is 13.2 Å². The average molecular weight is 326 g/mol. The highest BCUT2D eigenvalue weighted by Crippen LogP contribution is 2.17. The van der Waals surface area contributed by atoms with Gasteiger partial charge in [0, 0.05) is 12.6 Å². The summed E-state index contributed by atoms with van der Waals surface area (Å²) in [5, 5.41) is 0. The van der Waals surface area contributed by atoms with Gasteiger partial charge in [0.1, 0.15) is 5.75 Å². The van der Waals surface area contributed by atoms with Crippen LogP contribution in [0.5, 0.6) is 5.75 Å². The van der Waals surface area contributed by atoms with Crippen molar-refractivity contribution in [3.8, 4) is 5.75 Å². The van der Waals surface area contributed by atoms with E-state index in [-0.39, 0.29) is 10.9 Å². The summed E-state index contributed by atoms with van der Waals surface area (Å²) in [4.78, 5) is 2.58. The summed E-state index contributed by atoms with van der Waals surface area (Å²) in [7, 11) is -3.47. The van der Waals surface area contributed by atoms with E-state index in [1.54, 1.807) is 24.3 Å². The van der Waals surface area contributed by atoms with Crippen LogP contribution in [0.15, 0.2) is 29.2 Å². The highest BCUT2D eigenvalue weighted by atomic mass is 32.2. The molecule has 0 radical (unpaired) electrons. The molecule has 0 bridgehead atoms. The van der Waals surface area contributed by atoms with Crippen LogP contribution in [0, 0.1) is 0 Å². The molecule has 2 rings (SSSR count). The maximum absolute atomic E-state index is 12.4. The fraction of sp³-hybridized carbons (Fsp3) is 0.625. The quantitative estimate of drug-likeness (QED) is 0.796. The maximum atomic E-state index is 12.4. The van der Waals surface area contributed by atoms with Crippen molar-refractivity contribution in [3.05, 3.63) is 24.3 Å². The molecule has 0 aliphatic carbocycles. The predicted molar refractivity (Wildman–Crippen MR) is 87.7 cm³/mol. The summed E-state index contributed by atoms with van der Waals surface area (Å²) in [6.45, 7) is 7.47. The first-order chi connectivity index (χ1) is 10.5. The minimum Gasteiger partial charge on any atom is -0.494 e. The highest BCUT2D eigenvalue weighted by Gasteiger charge is 2.20. The number of nitrogens with one attached hydrogen (secondary N) is 1. The van der Waals surface area contributed by atoms with Crippen molar-refractivity contribution in [2.75, 3.05) is 26.2 Å². The molecule has 22 heavy (non-hydrogen) atoms. The van der Waals surface area contributed by atoms with E-state index in [1.165, 1.54) is 12.8 Å². The van der Waals surface area contributed by atoms with Crippen LogP contribution in [0.1, 0.15) is 33.1 Å². The third-order valence-corrected chi connectivity index (χ3v) is 5.30. The zero-order valence-corrected chi connectivity index (χ0v) is 14.2. The maximum Gasteiger partial charge on any atom is 0.240 e. The second-order valence-corrected chi connectivity index (χ2v) is 7.56. The van der Waals surface area contributed by atoms with Crippen LogP contribution in [0.25, 0.3) is 0 Å². The molecule has 1 aromatic carbocycles. The van der Waals surface area contributed by atoms with Gasteiger partial charge in [-0.3, -0.25) is 0 Å². The molecule has 1 fully saturated rings. The summed E-state index contributed by atoms with van der Waals surface area (Å²) in [5.41, 5.74) is 0. The molecular formula is C16H26N2O3S. The van der Waals surface area contributed by atoms with E-state index in [0.717, 1.165) is 26.1 Å². The van der Waals surface area contributed by atoms with E-state index in [4.69, 9.17) is 4.74 Å². The number of hydrogen-bond donors (Lipinski definition) is 1. The van der Waals surface area contributed by atoms with Crippen molar-refractivity contribution in [2.24, 2.45) is 0 Å². The molecule has 0 saturated carbocycles. The highest BCUT2D eigenvalue weighted by molar-refractivity contribution is 7.89. The normalized spacial score (nSPS) is 17.5. The van der Waals surface area contributed by atoms with E-state index >= 15 is 0 Å². The number of hydrogen-bond acceptors (Lipinski definition) is 4. The number of rotatable bonds is 8. The summed E-state index contributed by atoms with van der Waals surface area (Å²) in [6, 6.07) is 6.50. The Morgan fingerprint density at radius 3 is 2.45 bits per heavy atom. The number of nitrogens with zero attached hydrogens (tertiary/aromatic N) is 1. The smallest absolute Gasteiger partial charge is 0.240 e. The molecule has 1 atom stereocenters. The number of likely N-dealkylation sites (tertiary alicyclic amines) is 1. The van der Waals surface area contributed by atoms with E-state index in [1.807, 2.05) is 13.8 Å². The van der Waals surface area contributed by atoms with Crippen LogP contribution < -0.4 is 9.46 Å². The molecule has 124 valence electrons. The van der Waals surface area contributed by atoms with E-state index in [0.29, 0.717) is 12.4 Å². The van der Waals surface area contributed by atoms with Gasteiger partial charge in [-0.15, -0.1) is 0 Å². The molecule has 0 spiro atoms. The molecule has 5 nitrogen and oxygen atoms in total. The molecule has 1 aliphatic heterocycles. The Bertz CT molecular complexity index is 551. The molecule has 0 aromatic heterocycles. The number of sulfonamides is 1. The first kappa shape index (κ1) is 17.2. The van der Waals surface area contributed by atoms with Crippen molar-refractivity contribution >= 4 is 10.0 Å². The van der Waals surface area contributed by atoms with Crippen LogP contribution in [-0.4, -0.2) is 45.6 Å². The lowest BCUT2D eigenvalue weighted by molar-refractivity contribution is 0.312. The third kappa shape index (κ3) is 4.97. The predicted octanol–water partition coefficient (Wildman–Crippen LogP) is 2.24. The second kappa shape index (κ2) is 7.94. The fourth-order valence-electron chi connectivity index (χ4n) is 2.66. The van der Waals surface area contributed by atoms with Crippen molar-refractivity contribution in [1.82, 2.24) is 9.62 Å². The molecule has 1 saturated heterocycles. The molecule has 1 unspecified atom stereocenters. The van der Waals surface area contributed by atoms with Gasteiger partial charge >= 0.3 is 0 Å². The largest absolute Gasteiger partial charge is 0.494 e. The van der Waals surface area contributed by atoms with Crippen LogP contribution >= 0.6 is 0 Å². The van der Waals surface area contributed by atoms with E-state index < -0.39 is 10.0 Å². The minimum absolute atomic E-state index is 0.0980. The lowest BCUT2D eigenvalue weighted by atomic mass is 10.3.